The fourth-order valence-electron chi connectivity index (χ4n) is 3.15. The first kappa shape index (κ1) is 16.0. The Kier molecular flexibility index (Phi) is 6.06. The molecule has 0 saturated carbocycles. The molecular weight excluding hydrogens is 312 g/mol. The molecule has 1 saturated heterocycles. The smallest absolute Gasteiger partial charge is 0.0175 e. The van der Waals surface area contributed by atoms with E-state index in [1.807, 2.05) is 0 Å². The van der Waals surface area contributed by atoms with E-state index in [0.29, 0.717) is 12.1 Å². The monoisotopic (exact) mass is 338 g/mol. The van der Waals surface area contributed by atoms with Crippen LogP contribution in [0, 0.1) is 5.92 Å². The first-order valence-electron chi connectivity index (χ1n) is 7.73. The number of nitrogens with zero attached hydrogens (tertiary/aromatic N) is 1. The summed E-state index contributed by atoms with van der Waals surface area (Å²) in [5, 5.41) is 3.80. The van der Waals surface area contributed by atoms with Crippen molar-refractivity contribution in [1.29, 1.82) is 0 Å². The van der Waals surface area contributed by atoms with Crippen LogP contribution < -0.4 is 5.32 Å². The molecule has 0 amide bonds. The molecule has 1 aromatic rings. The van der Waals surface area contributed by atoms with E-state index < -0.39 is 0 Å². The highest BCUT2D eigenvalue weighted by Gasteiger charge is 2.23. The zero-order valence-corrected chi connectivity index (χ0v) is 14.5. The first-order valence-corrected chi connectivity index (χ1v) is 8.53. The maximum absolute atomic E-state index is 3.80. The van der Waals surface area contributed by atoms with Crippen molar-refractivity contribution in [3.05, 3.63) is 34.3 Å². The molecule has 0 spiro atoms. The molecule has 1 heterocycles. The average molecular weight is 339 g/mol. The zero-order chi connectivity index (χ0) is 14.5. The number of hydrogen-bond acceptors (Lipinski definition) is 2. The predicted molar refractivity (Wildman–Crippen MR) is 90.1 cm³/mol. The van der Waals surface area contributed by atoms with Gasteiger partial charge in [-0.15, -0.1) is 0 Å². The lowest BCUT2D eigenvalue weighted by atomic mass is 9.90. The first-order chi connectivity index (χ1) is 9.54. The molecule has 1 aliphatic rings. The second kappa shape index (κ2) is 7.58. The summed E-state index contributed by atoms with van der Waals surface area (Å²) >= 11 is 3.49. The number of likely N-dealkylation sites (tertiary alicyclic amines) is 1. The standard InChI is InChI=1S/C17H27BrN2/c1-13(12-15-4-6-17(18)7-5-15)19-14(2)16-8-10-20(3)11-9-16/h4-7,13-14,16,19H,8-12H2,1-3H3. The Labute approximate surface area is 132 Å². The summed E-state index contributed by atoms with van der Waals surface area (Å²) < 4.78 is 1.15. The minimum absolute atomic E-state index is 0.533. The van der Waals surface area contributed by atoms with Crippen LogP contribution in [-0.4, -0.2) is 37.1 Å². The van der Waals surface area contributed by atoms with Crippen LogP contribution in [0.5, 0.6) is 0 Å². The van der Waals surface area contributed by atoms with Crippen LogP contribution in [0.15, 0.2) is 28.7 Å². The predicted octanol–water partition coefficient (Wildman–Crippen LogP) is 3.70. The van der Waals surface area contributed by atoms with E-state index in [1.54, 1.807) is 0 Å². The van der Waals surface area contributed by atoms with Crippen molar-refractivity contribution in [2.75, 3.05) is 20.1 Å². The summed E-state index contributed by atoms with van der Waals surface area (Å²) in [5.74, 6) is 0.832. The zero-order valence-electron chi connectivity index (χ0n) is 12.9. The number of nitrogens with one attached hydrogen (secondary N) is 1. The van der Waals surface area contributed by atoms with Gasteiger partial charge >= 0.3 is 0 Å². The number of hydrogen-bond donors (Lipinski definition) is 1. The Morgan fingerprint density at radius 2 is 1.80 bits per heavy atom. The van der Waals surface area contributed by atoms with Crippen LogP contribution in [0.2, 0.25) is 0 Å². The largest absolute Gasteiger partial charge is 0.311 e. The lowest BCUT2D eigenvalue weighted by Crippen LogP contribution is -2.44. The van der Waals surface area contributed by atoms with Crippen molar-refractivity contribution in [3.63, 3.8) is 0 Å². The van der Waals surface area contributed by atoms with Gasteiger partial charge in [0.05, 0.1) is 0 Å². The number of piperidine rings is 1. The van der Waals surface area contributed by atoms with Gasteiger partial charge in [-0.3, -0.25) is 0 Å². The molecule has 3 heteroatoms. The summed E-state index contributed by atoms with van der Waals surface area (Å²) in [7, 11) is 2.23. The highest BCUT2D eigenvalue weighted by atomic mass is 79.9. The van der Waals surface area contributed by atoms with Gasteiger partial charge in [-0.1, -0.05) is 28.1 Å². The third kappa shape index (κ3) is 4.87. The average Bonchev–Trinajstić information content (AvgIpc) is 2.42. The highest BCUT2D eigenvalue weighted by molar-refractivity contribution is 9.10. The van der Waals surface area contributed by atoms with E-state index in [-0.39, 0.29) is 0 Å². The summed E-state index contributed by atoms with van der Waals surface area (Å²) in [6, 6.07) is 9.83. The molecule has 0 radical (unpaired) electrons. The summed E-state index contributed by atoms with van der Waals surface area (Å²) in [4.78, 5) is 2.44. The van der Waals surface area contributed by atoms with Crippen molar-refractivity contribution in [2.45, 2.75) is 45.2 Å². The molecule has 1 aromatic carbocycles. The van der Waals surface area contributed by atoms with Crippen molar-refractivity contribution in [1.82, 2.24) is 10.2 Å². The fraction of sp³-hybridized carbons (Fsp3) is 0.647. The maximum atomic E-state index is 3.80. The second-order valence-corrected chi connectivity index (χ2v) is 7.24. The van der Waals surface area contributed by atoms with Gasteiger partial charge in [0.2, 0.25) is 0 Å². The maximum Gasteiger partial charge on any atom is 0.0175 e. The quantitative estimate of drug-likeness (QED) is 0.880. The van der Waals surface area contributed by atoms with E-state index in [4.69, 9.17) is 0 Å². The van der Waals surface area contributed by atoms with E-state index in [9.17, 15) is 0 Å². The van der Waals surface area contributed by atoms with Crippen LogP contribution in [0.1, 0.15) is 32.3 Å². The van der Waals surface area contributed by atoms with E-state index >= 15 is 0 Å². The molecule has 1 aliphatic heterocycles. The Bertz CT molecular complexity index is 396. The van der Waals surface area contributed by atoms with Gasteiger partial charge in [0, 0.05) is 16.6 Å². The third-order valence-electron chi connectivity index (χ3n) is 4.47. The molecule has 0 aromatic heterocycles. The van der Waals surface area contributed by atoms with Gasteiger partial charge in [-0.25, -0.2) is 0 Å². The second-order valence-electron chi connectivity index (χ2n) is 6.33. The minimum Gasteiger partial charge on any atom is -0.311 e. The van der Waals surface area contributed by atoms with E-state index in [0.717, 1.165) is 16.8 Å². The van der Waals surface area contributed by atoms with Crippen molar-refractivity contribution < 1.29 is 0 Å². The molecule has 2 nitrogen and oxygen atoms in total. The normalized spacial score (nSPS) is 20.8. The molecule has 0 bridgehead atoms. The molecule has 2 rings (SSSR count). The molecule has 2 unspecified atom stereocenters. The van der Waals surface area contributed by atoms with Gasteiger partial charge in [-0.2, -0.15) is 0 Å². The van der Waals surface area contributed by atoms with Gasteiger partial charge in [0.25, 0.3) is 0 Å². The Morgan fingerprint density at radius 3 is 2.40 bits per heavy atom. The number of halogens is 1. The lowest BCUT2D eigenvalue weighted by Gasteiger charge is -2.34. The molecule has 2 atom stereocenters. The molecular formula is C17H27BrN2. The Morgan fingerprint density at radius 1 is 1.20 bits per heavy atom. The van der Waals surface area contributed by atoms with Gasteiger partial charge in [0.15, 0.2) is 0 Å². The number of benzene rings is 1. The van der Waals surface area contributed by atoms with Gasteiger partial charge < -0.3 is 10.2 Å². The highest BCUT2D eigenvalue weighted by Crippen LogP contribution is 2.20. The third-order valence-corrected chi connectivity index (χ3v) is 5.00. The van der Waals surface area contributed by atoms with E-state index in [1.165, 1.54) is 31.5 Å². The Hall–Kier alpha value is -0.380. The van der Waals surface area contributed by atoms with Crippen molar-refractivity contribution in [3.8, 4) is 0 Å². The molecule has 1 N–H and O–H groups in total. The van der Waals surface area contributed by atoms with Crippen LogP contribution in [0.4, 0.5) is 0 Å². The topological polar surface area (TPSA) is 15.3 Å². The van der Waals surface area contributed by atoms with Crippen LogP contribution in [0.25, 0.3) is 0 Å². The van der Waals surface area contributed by atoms with Crippen LogP contribution >= 0.6 is 15.9 Å². The van der Waals surface area contributed by atoms with Crippen molar-refractivity contribution >= 4 is 15.9 Å². The molecule has 0 aliphatic carbocycles. The summed E-state index contributed by atoms with van der Waals surface area (Å²) in [6.07, 6.45) is 3.76. The van der Waals surface area contributed by atoms with Crippen molar-refractivity contribution in [2.24, 2.45) is 5.92 Å². The molecule has 112 valence electrons. The fourth-order valence-corrected chi connectivity index (χ4v) is 3.41. The molecule has 20 heavy (non-hydrogen) atoms. The van der Waals surface area contributed by atoms with Gasteiger partial charge in [-0.05, 0) is 76.9 Å². The van der Waals surface area contributed by atoms with Crippen LogP contribution in [0.3, 0.4) is 0 Å². The Balaban J connectivity index is 1.78. The summed E-state index contributed by atoms with van der Waals surface area (Å²) in [5.41, 5.74) is 1.41. The molecule has 1 fully saturated rings. The lowest BCUT2D eigenvalue weighted by molar-refractivity contribution is 0.185. The van der Waals surface area contributed by atoms with Gasteiger partial charge in [0.1, 0.15) is 0 Å². The van der Waals surface area contributed by atoms with Crippen LogP contribution in [-0.2, 0) is 6.42 Å². The number of rotatable bonds is 5. The van der Waals surface area contributed by atoms with E-state index in [2.05, 4.69) is 71.3 Å². The summed E-state index contributed by atoms with van der Waals surface area (Å²) in [6.45, 7) is 7.15. The minimum atomic E-state index is 0.533. The SMILES string of the molecule is CC(Cc1ccc(Br)cc1)NC(C)C1CCN(C)CC1.